The third-order valence-electron chi connectivity index (χ3n) is 1.91. The van der Waals surface area contributed by atoms with Crippen molar-refractivity contribution in [2.75, 3.05) is 20.2 Å². The second-order valence-electron chi connectivity index (χ2n) is 2.79. The Hall–Kier alpha value is -1.08. The molecule has 14 heavy (non-hydrogen) atoms. The van der Waals surface area contributed by atoms with E-state index in [4.69, 9.17) is 10.1 Å². The lowest BCUT2D eigenvalue weighted by molar-refractivity contribution is 0.129. The first-order valence-corrected chi connectivity index (χ1v) is 5.30. The summed E-state index contributed by atoms with van der Waals surface area (Å²) in [6, 6.07) is 0.162. The number of ether oxygens (including phenoxy) is 1. The molecule has 1 heterocycles. The van der Waals surface area contributed by atoms with Crippen LogP contribution in [0.3, 0.4) is 0 Å². The van der Waals surface area contributed by atoms with Gasteiger partial charge in [-0.05, 0) is 7.05 Å². The van der Waals surface area contributed by atoms with Crippen molar-refractivity contribution >= 4 is 16.9 Å². The molecular formula is C7H13N3O3S. The molecule has 1 rings (SSSR count). The Morgan fingerprint density at radius 1 is 1.79 bits per heavy atom. The highest BCUT2D eigenvalue weighted by molar-refractivity contribution is 7.77. The van der Waals surface area contributed by atoms with Crippen molar-refractivity contribution in [2.45, 2.75) is 6.04 Å². The van der Waals surface area contributed by atoms with Gasteiger partial charge in [0, 0.05) is 12.8 Å². The fourth-order valence-electron chi connectivity index (χ4n) is 1.06. The summed E-state index contributed by atoms with van der Waals surface area (Å²) in [7, 11) is -0.975. The van der Waals surface area contributed by atoms with Crippen LogP contribution in [0.25, 0.3) is 0 Å². The molecular weight excluding hydrogens is 206 g/mol. The second kappa shape index (κ2) is 4.97. The zero-order valence-electron chi connectivity index (χ0n) is 7.74. The zero-order chi connectivity index (χ0) is 10.6. The third-order valence-corrected chi connectivity index (χ3v) is 2.64. The van der Waals surface area contributed by atoms with Crippen LogP contribution in [0.1, 0.15) is 0 Å². The molecule has 3 N–H and O–H groups in total. The van der Waals surface area contributed by atoms with Gasteiger partial charge in [0.1, 0.15) is 11.5 Å². The lowest BCUT2D eigenvalue weighted by Gasteiger charge is -2.26. The van der Waals surface area contributed by atoms with E-state index in [2.05, 4.69) is 10.6 Å². The summed E-state index contributed by atoms with van der Waals surface area (Å²) >= 11 is 0. The highest BCUT2D eigenvalue weighted by atomic mass is 32.2. The molecule has 1 fully saturated rings. The van der Waals surface area contributed by atoms with E-state index in [-0.39, 0.29) is 16.8 Å². The maximum Gasteiger partial charge on any atom is 0.207 e. The van der Waals surface area contributed by atoms with E-state index in [1.165, 1.54) is 0 Å². The van der Waals surface area contributed by atoms with Gasteiger partial charge in [0.05, 0.1) is 6.04 Å². The number of thiol groups is 1. The first-order valence-electron chi connectivity index (χ1n) is 4.12. The number of hydrogen-bond donors (Lipinski definition) is 4. The van der Waals surface area contributed by atoms with Crippen molar-refractivity contribution in [1.29, 1.82) is 5.41 Å². The predicted octanol–water partition coefficient (Wildman–Crippen LogP) is -1.38. The maximum absolute atomic E-state index is 10.7. The standard InChI is InChI=1S/C7H13N3O3S/c1-9-5-3-10-7(13-4-5)6(2-8)14(11)12/h2,5,8-10,14H,3-4H2,1H3/b7-6-,8-2?/t5-/m0/s1. The molecule has 7 heteroatoms. The summed E-state index contributed by atoms with van der Waals surface area (Å²) in [5.74, 6) is 0.169. The third kappa shape index (κ3) is 2.46. The fourth-order valence-corrected chi connectivity index (χ4v) is 1.48. The summed E-state index contributed by atoms with van der Waals surface area (Å²) in [5.41, 5.74) is 0. The average molecular weight is 219 g/mol. The van der Waals surface area contributed by atoms with Gasteiger partial charge < -0.3 is 20.8 Å². The Balaban J connectivity index is 2.76. The summed E-state index contributed by atoms with van der Waals surface area (Å²) in [6.45, 7) is 0.992. The second-order valence-corrected chi connectivity index (χ2v) is 3.79. The van der Waals surface area contributed by atoms with Crippen molar-refractivity contribution < 1.29 is 13.2 Å². The molecule has 1 aliphatic heterocycles. The van der Waals surface area contributed by atoms with Gasteiger partial charge in [0.15, 0.2) is 10.7 Å². The van der Waals surface area contributed by atoms with E-state index in [9.17, 15) is 8.42 Å². The first kappa shape index (κ1) is 11.0. The van der Waals surface area contributed by atoms with Gasteiger partial charge in [-0.2, -0.15) is 0 Å². The number of hydrogen-bond acceptors (Lipinski definition) is 6. The Morgan fingerprint density at radius 3 is 2.86 bits per heavy atom. The predicted molar refractivity (Wildman–Crippen MR) is 52.9 cm³/mol. The molecule has 80 valence electrons. The van der Waals surface area contributed by atoms with Gasteiger partial charge >= 0.3 is 0 Å². The molecule has 0 radical (unpaired) electrons. The van der Waals surface area contributed by atoms with E-state index in [0.29, 0.717) is 13.2 Å². The molecule has 0 saturated carbocycles. The van der Waals surface area contributed by atoms with Gasteiger partial charge in [0.2, 0.25) is 5.88 Å². The highest BCUT2D eigenvalue weighted by Crippen LogP contribution is 2.07. The van der Waals surface area contributed by atoms with Crippen LogP contribution >= 0.6 is 0 Å². The quantitative estimate of drug-likeness (QED) is 0.347. The van der Waals surface area contributed by atoms with Gasteiger partial charge in [0.25, 0.3) is 0 Å². The van der Waals surface area contributed by atoms with Gasteiger partial charge in [-0.3, -0.25) is 0 Å². The number of nitrogens with one attached hydrogen (secondary N) is 3. The molecule has 1 atom stereocenters. The monoisotopic (exact) mass is 219 g/mol. The Bertz CT molecular complexity index is 306. The smallest absolute Gasteiger partial charge is 0.207 e. The minimum absolute atomic E-state index is 0.116. The summed E-state index contributed by atoms with van der Waals surface area (Å²) in [6.07, 6.45) is 0.772. The van der Waals surface area contributed by atoms with Crippen molar-refractivity contribution in [1.82, 2.24) is 10.6 Å². The van der Waals surface area contributed by atoms with Crippen molar-refractivity contribution in [2.24, 2.45) is 0 Å². The summed E-state index contributed by atoms with van der Waals surface area (Å²) in [5, 5.41) is 12.7. The molecule has 0 aromatic carbocycles. The maximum atomic E-state index is 10.7. The minimum Gasteiger partial charge on any atom is -0.477 e. The van der Waals surface area contributed by atoms with Crippen LogP contribution < -0.4 is 10.6 Å². The van der Waals surface area contributed by atoms with E-state index >= 15 is 0 Å². The molecule has 0 spiro atoms. The zero-order valence-corrected chi connectivity index (χ0v) is 8.64. The molecule has 0 aromatic heterocycles. The van der Waals surface area contributed by atoms with Gasteiger partial charge in [-0.25, -0.2) is 8.42 Å². The number of rotatable bonds is 3. The van der Waals surface area contributed by atoms with E-state index in [1.807, 2.05) is 0 Å². The van der Waals surface area contributed by atoms with E-state index in [1.54, 1.807) is 7.05 Å². The normalized spacial score (nSPS) is 25.1. The van der Waals surface area contributed by atoms with Gasteiger partial charge in [-0.15, -0.1) is 0 Å². The molecule has 0 amide bonds. The Kier molecular flexibility index (Phi) is 3.90. The van der Waals surface area contributed by atoms with Crippen LogP contribution in [0, 0.1) is 5.41 Å². The van der Waals surface area contributed by atoms with Crippen molar-refractivity contribution in [3.63, 3.8) is 0 Å². The molecule has 0 unspecified atom stereocenters. The lowest BCUT2D eigenvalue weighted by Crippen LogP contribution is -2.45. The first-order chi connectivity index (χ1) is 6.69. The Labute approximate surface area is 83.8 Å². The molecule has 1 aliphatic rings. The topological polar surface area (TPSA) is 91.3 Å². The molecule has 0 bridgehead atoms. The average Bonchev–Trinajstić information content (AvgIpc) is 2.19. The molecule has 1 saturated heterocycles. The summed E-state index contributed by atoms with van der Waals surface area (Å²) in [4.78, 5) is -0.116. The SMILES string of the molecule is CN[C@H]1CN/C(=C(\C=N)[SH](=O)=O)OC1. The molecule has 0 aliphatic carbocycles. The van der Waals surface area contributed by atoms with Crippen LogP contribution in [-0.2, 0) is 15.4 Å². The van der Waals surface area contributed by atoms with Crippen LogP contribution in [0.5, 0.6) is 0 Å². The Morgan fingerprint density at radius 2 is 2.50 bits per heavy atom. The van der Waals surface area contributed by atoms with Crippen molar-refractivity contribution in [3.8, 4) is 0 Å². The van der Waals surface area contributed by atoms with Crippen LogP contribution in [-0.4, -0.2) is 40.9 Å². The van der Waals surface area contributed by atoms with E-state index in [0.717, 1.165) is 6.21 Å². The van der Waals surface area contributed by atoms with Gasteiger partial charge in [-0.1, -0.05) is 0 Å². The summed E-state index contributed by atoms with van der Waals surface area (Å²) < 4.78 is 26.5. The largest absolute Gasteiger partial charge is 0.477 e. The van der Waals surface area contributed by atoms with Crippen molar-refractivity contribution in [3.05, 3.63) is 10.8 Å². The lowest BCUT2D eigenvalue weighted by atomic mass is 10.3. The van der Waals surface area contributed by atoms with Crippen LogP contribution in [0.15, 0.2) is 10.8 Å². The molecule has 0 aromatic rings. The molecule has 6 nitrogen and oxygen atoms in total. The van der Waals surface area contributed by atoms with Crippen LogP contribution in [0.4, 0.5) is 0 Å². The fraction of sp³-hybridized carbons (Fsp3) is 0.571. The van der Waals surface area contributed by atoms with Crippen LogP contribution in [0.2, 0.25) is 0 Å². The highest BCUT2D eigenvalue weighted by Gasteiger charge is 2.18. The number of allylic oxidation sites excluding steroid dienone is 1. The minimum atomic E-state index is -2.78. The number of likely N-dealkylation sites (N-methyl/N-ethyl adjacent to an activating group) is 1. The van der Waals surface area contributed by atoms with E-state index < -0.39 is 10.7 Å².